The monoisotopic (exact) mass is 313 g/mol. The number of nitriles is 1. The van der Waals surface area contributed by atoms with E-state index in [-0.39, 0.29) is 5.57 Å². The van der Waals surface area contributed by atoms with Crippen LogP contribution in [0.4, 0.5) is 5.82 Å². The van der Waals surface area contributed by atoms with E-state index in [1.165, 1.54) is 12.4 Å². The van der Waals surface area contributed by atoms with E-state index < -0.39 is 5.91 Å². The molecule has 0 saturated heterocycles. The third kappa shape index (κ3) is 4.58. The van der Waals surface area contributed by atoms with Gasteiger partial charge in [0.1, 0.15) is 17.5 Å². The lowest BCUT2D eigenvalue weighted by Gasteiger charge is -2.04. The van der Waals surface area contributed by atoms with Crippen LogP contribution in [0.2, 0.25) is 5.02 Å². The maximum atomic E-state index is 11.9. The summed E-state index contributed by atoms with van der Waals surface area (Å²) in [7, 11) is 0. The number of amides is 1. The van der Waals surface area contributed by atoms with Crippen molar-refractivity contribution in [1.82, 2.24) is 15.3 Å². The van der Waals surface area contributed by atoms with Gasteiger partial charge in [0.25, 0.3) is 5.91 Å². The largest absolute Gasteiger partial charge is 0.347 e. The lowest BCUT2D eigenvalue weighted by atomic mass is 10.2. The molecule has 2 aromatic rings. The molecule has 1 amide bonds. The van der Waals surface area contributed by atoms with Crippen LogP contribution in [0.1, 0.15) is 5.56 Å². The van der Waals surface area contributed by atoms with Crippen molar-refractivity contribution in [3.05, 3.63) is 65.2 Å². The third-order valence-corrected chi connectivity index (χ3v) is 2.86. The van der Waals surface area contributed by atoms with Crippen molar-refractivity contribution < 1.29 is 4.79 Å². The van der Waals surface area contributed by atoms with E-state index in [1.807, 2.05) is 12.1 Å². The normalized spacial score (nSPS) is 10.6. The molecule has 2 N–H and O–H groups in total. The Kier molecular flexibility index (Phi) is 5.46. The summed E-state index contributed by atoms with van der Waals surface area (Å²) in [4.78, 5) is 19.9. The smallest absolute Gasteiger partial charge is 0.263 e. The van der Waals surface area contributed by atoms with Crippen molar-refractivity contribution in [1.29, 1.82) is 5.26 Å². The molecule has 0 aromatic carbocycles. The SMILES string of the molecule is N#C/C(=C/Nc1ccc(Cl)cn1)C(=O)NCc1cccnc1. The highest BCUT2D eigenvalue weighted by Gasteiger charge is 2.08. The Bertz CT molecular complexity index is 707. The topological polar surface area (TPSA) is 90.7 Å². The molecule has 0 saturated carbocycles. The molecule has 0 atom stereocenters. The average molecular weight is 314 g/mol. The molecular formula is C15H12ClN5O. The van der Waals surface area contributed by atoms with Gasteiger partial charge in [-0.1, -0.05) is 17.7 Å². The molecule has 0 fully saturated rings. The fourth-order valence-electron chi connectivity index (χ4n) is 1.54. The summed E-state index contributed by atoms with van der Waals surface area (Å²) in [5.74, 6) is 0.00465. The molecule has 7 heteroatoms. The van der Waals surface area contributed by atoms with Crippen LogP contribution in [0, 0.1) is 11.3 Å². The van der Waals surface area contributed by atoms with Gasteiger partial charge in [-0.3, -0.25) is 9.78 Å². The number of rotatable bonds is 5. The van der Waals surface area contributed by atoms with Crippen molar-refractivity contribution in [3.63, 3.8) is 0 Å². The first-order valence-electron chi connectivity index (χ1n) is 6.34. The number of nitrogens with zero attached hydrogens (tertiary/aromatic N) is 3. The van der Waals surface area contributed by atoms with Crippen LogP contribution >= 0.6 is 11.6 Å². The molecule has 2 aromatic heterocycles. The average Bonchev–Trinajstić information content (AvgIpc) is 2.56. The molecule has 0 unspecified atom stereocenters. The number of anilines is 1. The van der Waals surface area contributed by atoms with Gasteiger partial charge < -0.3 is 10.6 Å². The second-order valence-electron chi connectivity index (χ2n) is 4.22. The Morgan fingerprint density at radius 3 is 2.86 bits per heavy atom. The molecule has 2 rings (SSSR count). The van der Waals surface area contributed by atoms with Crippen LogP contribution in [0.3, 0.4) is 0 Å². The number of hydrogen-bond donors (Lipinski definition) is 2. The van der Waals surface area contributed by atoms with Crippen LogP contribution in [-0.2, 0) is 11.3 Å². The highest BCUT2D eigenvalue weighted by molar-refractivity contribution is 6.30. The second kappa shape index (κ2) is 7.76. The van der Waals surface area contributed by atoms with Crippen molar-refractivity contribution in [2.45, 2.75) is 6.54 Å². The summed E-state index contributed by atoms with van der Waals surface area (Å²) in [6.07, 6.45) is 6.06. The fourth-order valence-corrected chi connectivity index (χ4v) is 1.65. The second-order valence-corrected chi connectivity index (χ2v) is 4.66. The molecular weight excluding hydrogens is 302 g/mol. The number of pyridine rings is 2. The van der Waals surface area contributed by atoms with Gasteiger partial charge in [-0.2, -0.15) is 5.26 Å². The molecule has 110 valence electrons. The fraction of sp³-hybridized carbons (Fsp3) is 0.0667. The van der Waals surface area contributed by atoms with Crippen LogP contribution in [-0.4, -0.2) is 15.9 Å². The number of hydrogen-bond acceptors (Lipinski definition) is 5. The maximum absolute atomic E-state index is 11.9. The highest BCUT2D eigenvalue weighted by Crippen LogP contribution is 2.09. The zero-order valence-electron chi connectivity index (χ0n) is 11.5. The van der Waals surface area contributed by atoms with Crippen LogP contribution in [0.15, 0.2) is 54.6 Å². The van der Waals surface area contributed by atoms with E-state index in [9.17, 15) is 4.79 Å². The molecule has 0 radical (unpaired) electrons. The maximum Gasteiger partial charge on any atom is 0.263 e. The number of halogens is 1. The minimum Gasteiger partial charge on any atom is -0.347 e. The summed E-state index contributed by atoms with van der Waals surface area (Å²) in [5, 5.41) is 15.0. The van der Waals surface area contributed by atoms with Gasteiger partial charge in [-0.05, 0) is 23.8 Å². The lowest BCUT2D eigenvalue weighted by molar-refractivity contribution is -0.117. The molecule has 0 aliphatic carbocycles. The zero-order valence-corrected chi connectivity index (χ0v) is 12.2. The van der Waals surface area contributed by atoms with Crippen LogP contribution in [0.25, 0.3) is 0 Å². The summed E-state index contributed by atoms with van der Waals surface area (Å²) in [6, 6.07) is 8.74. The third-order valence-electron chi connectivity index (χ3n) is 2.63. The van der Waals surface area contributed by atoms with E-state index in [1.54, 1.807) is 30.6 Å². The van der Waals surface area contributed by atoms with Crippen molar-refractivity contribution >= 4 is 23.3 Å². The lowest BCUT2D eigenvalue weighted by Crippen LogP contribution is -2.24. The number of carbonyl (C=O) groups is 1. The summed E-state index contributed by atoms with van der Waals surface area (Å²) in [5.41, 5.74) is 0.793. The Morgan fingerprint density at radius 2 is 2.23 bits per heavy atom. The van der Waals surface area contributed by atoms with E-state index >= 15 is 0 Å². The van der Waals surface area contributed by atoms with Crippen LogP contribution < -0.4 is 10.6 Å². The van der Waals surface area contributed by atoms with E-state index in [0.29, 0.717) is 17.4 Å². The van der Waals surface area contributed by atoms with Gasteiger partial charge in [-0.15, -0.1) is 0 Å². The first-order chi connectivity index (χ1) is 10.7. The van der Waals surface area contributed by atoms with Crippen LogP contribution in [0.5, 0.6) is 0 Å². The van der Waals surface area contributed by atoms with E-state index in [0.717, 1.165) is 5.56 Å². The first-order valence-corrected chi connectivity index (χ1v) is 6.72. The Hall–Kier alpha value is -2.91. The van der Waals surface area contributed by atoms with Crippen molar-refractivity contribution in [2.24, 2.45) is 0 Å². The molecule has 0 aliphatic heterocycles. The van der Waals surface area contributed by atoms with Gasteiger partial charge in [0, 0.05) is 31.3 Å². The first kappa shape index (κ1) is 15.5. The molecule has 2 heterocycles. The minimum atomic E-state index is -0.479. The summed E-state index contributed by atoms with van der Waals surface area (Å²) >= 11 is 5.72. The predicted octanol–water partition coefficient (Wildman–Crippen LogP) is 2.27. The number of aromatic nitrogens is 2. The van der Waals surface area contributed by atoms with Gasteiger partial charge in [0.05, 0.1) is 5.02 Å². The van der Waals surface area contributed by atoms with Crippen molar-refractivity contribution in [2.75, 3.05) is 5.32 Å². The quantitative estimate of drug-likeness (QED) is 0.652. The van der Waals surface area contributed by atoms with Gasteiger partial charge >= 0.3 is 0 Å². The standard InChI is InChI=1S/C15H12ClN5O/c16-13-3-4-14(20-10-13)19-9-12(6-17)15(22)21-8-11-2-1-5-18-7-11/h1-5,7,9-10H,8H2,(H,19,20)(H,21,22)/b12-9-. The molecule has 6 nitrogen and oxygen atoms in total. The van der Waals surface area contributed by atoms with Gasteiger partial charge in [0.2, 0.25) is 0 Å². The molecule has 0 bridgehead atoms. The van der Waals surface area contributed by atoms with Crippen molar-refractivity contribution in [3.8, 4) is 6.07 Å². The molecule has 0 aliphatic rings. The number of carbonyl (C=O) groups excluding carboxylic acids is 1. The molecule has 22 heavy (non-hydrogen) atoms. The number of nitrogens with one attached hydrogen (secondary N) is 2. The Morgan fingerprint density at radius 1 is 1.36 bits per heavy atom. The Labute approximate surface area is 132 Å². The predicted molar refractivity (Wildman–Crippen MR) is 82.6 cm³/mol. The Balaban J connectivity index is 1.95. The summed E-state index contributed by atoms with van der Waals surface area (Å²) in [6.45, 7) is 0.297. The van der Waals surface area contributed by atoms with Gasteiger partial charge in [0.15, 0.2) is 0 Å². The summed E-state index contributed by atoms with van der Waals surface area (Å²) < 4.78 is 0. The van der Waals surface area contributed by atoms with E-state index in [4.69, 9.17) is 16.9 Å². The highest BCUT2D eigenvalue weighted by atomic mass is 35.5. The zero-order chi connectivity index (χ0) is 15.8. The molecule has 0 spiro atoms. The minimum absolute atomic E-state index is 0.0550. The van der Waals surface area contributed by atoms with Gasteiger partial charge in [-0.25, -0.2) is 4.98 Å². The van der Waals surface area contributed by atoms with E-state index in [2.05, 4.69) is 20.6 Å².